The van der Waals surface area contributed by atoms with Gasteiger partial charge >= 0.3 is 0 Å². The van der Waals surface area contributed by atoms with Gasteiger partial charge in [0.15, 0.2) is 16.3 Å². The summed E-state index contributed by atoms with van der Waals surface area (Å²) in [5, 5.41) is 0. The van der Waals surface area contributed by atoms with Crippen molar-refractivity contribution >= 4 is 23.5 Å². The number of aromatic nitrogens is 1. The van der Waals surface area contributed by atoms with Crippen molar-refractivity contribution < 1.29 is 18.9 Å². The maximum absolute atomic E-state index is 14.1. The highest BCUT2D eigenvalue weighted by Crippen LogP contribution is 2.41. The molecule has 42 heavy (non-hydrogen) atoms. The summed E-state index contributed by atoms with van der Waals surface area (Å²) in [6.45, 7) is 0. The molecule has 0 bridgehead atoms. The molecular weight excluding hydrogens is 548 g/mol. The number of nitrogens with zero attached hydrogens (tertiary/aromatic N) is 2. The van der Waals surface area contributed by atoms with E-state index in [1.54, 1.807) is 28.4 Å². The average molecular weight is 581 g/mol. The van der Waals surface area contributed by atoms with E-state index < -0.39 is 0 Å². The molecule has 7 nitrogen and oxygen atoms in total. The van der Waals surface area contributed by atoms with Crippen LogP contribution in [0.4, 0.5) is 0 Å². The second kappa shape index (κ2) is 11.7. The van der Waals surface area contributed by atoms with Crippen LogP contribution < -0.4 is 33.8 Å². The van der Waals surface area contributed by atoms with E-state index in [0.29, 0.717) is 20.8 Å². The van der Waals surface area contributed by atoms with Gasteiger partial charge in [-0.25, -0.2) is 4.99 Å². The third kappa shape index (κ3) is 5.14. The highest BCUT2D eigenvalue weighted by atomic mass is 32.1. The Morgan fingerprint density at radius 2 is 1.45 bits per heavy atom. The van der Waals surface area contributed by atoms with Crippen LogP contribution >= 0.6 is 11.3 Å². The summed E-state index contributed by atoms with van der Waals surface area (Å²) in [6, 6.07) is 21.4. The first-order valence-corrected chi connectivity index (χ1v) is 14.6. The van der Waals surface area contributed by atoms with Crippen LogP contribution in [-0.2, 0) is 0 Å². The number of allylic oxidation sites excluding steroid dienone is 2. The first-order chi connectivity index (χ1) is 20.5. The Hall–Kier alpha value is -4.56. The van der Waals surface area contributed by atoms with Crippen molar-refractivity contribution in [3.05, 3.63) is 120 Å². The fourth-order valence-electron chi connectivity index (χ4n) is 5.64. The van der Waals surface area contributed by atoms with Gasteiger partial charge in [0.25, 0.3) is 5.56 Å². The van der Waals surface area contributed by atoms with E-state index >= 15 is 0 Å². The second-order valence-corrected chi connectivity index (χ2v) is 11.1. The lowest BCUT2D eigenvalue weighted by Crippen LogP contribution is -2.39. The summed E-state index contributed by atoms with van der Waals surface area (Å²) in [4.78, 5) is 19.9. The molecule has 8 heteroatoms. The van der Waals surface area contributed by atoms with Crippen LogP contribution in [0.5, 0.6) is 23.0 Å². The number of fused-ring (bicyclic) bond motifs is 1. The molecule has 4 aromatic rings. The predicted molar refractivity (Wildman–Crippen MR) is 165 cm³/mol. The largest absolute Gasteiger partial charge is 0.497 e. The van der Waals surface area contributed by atoms with Crippen molar-refractivity contribution in [3.8, 4) is 23.0 Å². The second-order valence-electron chi connectivity index (χ2n) is 10.1. The Morgan fingerprint density at radius 3 is 2.12 bits per heavy atom. The molecule has 3 aromatic carbocycles. The highest BCUT2D eigenvalue weighted by molar-refractivity contribution is 7.07. The number of thiazole rings is 1. The standard InChI is InChI=1S/C34H32N2O5S/c1-38-25-13-8-21(9-14-25)18-24-6-5-7-27-31(24)35-34-36(32(27)23-11-15-26(39-2)16-12-23)33(37)30(42-34)20-22-10-17-28(40-3)29(19-22)41-4/h8-20,32H,5-7H2,1-4H3/b24-18+,30-20+/t32-/m1/s1. The fourth-order valence-corrected chi connectivity index (χ4v) is 6.64. The molecule has 0 spiro atoms. The van der Waals surface area contributed by atoms with Crippen molar-refractivity contribution in [1.82, 2.24) is 4.57 Å². The van der Waals surface area contributed by atoms with Crippen LogP contribution in [0.2, 0.25) is 0 Å². The Bertz CT molecular complexity index is 1860. The third-order valence-corrected chi connectivity index (χ3v) is 8.71. The maximum Gasteiger partial charge on any atom is 0.271 e. The Morgan fingerprint density at radius 1 is 0.786 bits per heavy atom. The van der Waals surface area contributed by atoms with E-state index in [1.165, 1.54) is 16.9 Å². The molecule has 214 valence electrons. The third-order valence-electron chi connectivity index (χ3n) is 7.73. The van der Waals surface area contributed by atoms with Crippen LogP contribution in [0.15, 0.2) is 93.4 Å². The van der Waals surface area contributed by atoms with Gasteiger partial charge in [-0.15, -0.1) is 0 Å². The van der Waals surface area contributed by atoms with Gasteiger partial charge in [0.1, 0.15) is 11.5 Å². The smallest absolute Gasteiger partial charge is 0.271 e. The van der Waals surface area contributed by atoms with Crippen LogP contribution in [-0.4, -0.2) is 33.0 Å². The van der Waals surface area contributed by atoms with E-state index in [-0.39, 0.29) is 11.6 Å². The summed E-state index contributed by atoms with van der Waals surface area (Å²) in [5.74, 6) is 2.85. The molecule has 0 saturated carbocycles. The monoisotopic (exact) mass is 580 g/mol. The number of hydrogen-bond donors (Lipinski definition) is 0. The molecule has 0 amide bonds. The molecule has 0 unspecified atom stereocenters. The van der Waals surface area contributed by atoms with Crippen LogP contribution in [0.3, 0.4) is 0 Å². The molecule has 6 rings (SSSR count). The first-order valence-electron chi connectivity index (χ1n) is 13.8. The minimum Gasteiger partial charge on any atom is -0.497 e. The molecule has 2 heterocycles. The number of methoxy groups -OCH3 is 4. The lowest BCUT2D eigenvalue weighted by Gasteiger charge is -2.31. The van der Waals surface area contributed by atoms with Crippen molar-refractivity contribution in [2.24, 2.45) is 4.99 Å². The zero-order valence-electron chi connectivity index (χ0n) is 24.0. The summed E-state index contributed by atoms with van der Waals surface area (Å²) in [5.41, 5.74) is 6.23. The number of benzene rings is 3. The predicted octanol–water partition coefficient (Wildman–Crippen LogP) is 5.52. The molecule has 0 saturated heterocycles. The molecule has 1 aliphatic heterocycles. The summed E-state index contributed by atoms with van der Waals surface area (Å²) in [6.07, 6.45) is 6.88. The van der Waals surface area contributed by atoms with Gasteiger partial charge in [-0.2, -0.15) is 0 Å². The first kappa shape index (κ1) is 27.6. The molecule has 0 N–H and O–H groups in total. The Balaban J connectivity index is 1.53. The van der Waals surface area contributed by atoms with E-state index in [2.05, 4.69) is 18.2 Å². The molecule has 1 aliphatic carbocycles. The number of rotatable bonds is 7. The molecule has 0 radical (unpaired) electrons. The summed E-state index contributed by atoms with van der Waals surface area (Å²) >= 11 is 1.41. The van der Waals surface area contributed by atoms with Crippen LogP contribution in [0.25, 0.3) is 12.2 Å². The Labute approximate surface area is 248 Å². The quantitative estimate of drug-likeness (QED) is 0.288. The Kier molecular flexibility index (Phi) is 7.71. The van der Waals surface area contributed by atoms with Gasteiger partial charge in [0.05, 0.1) is 44.7 Å². The fraction of sp³-hybridized carbons (Fsp3) is 0.235. The topological polar surface area (TPSA) is 71.3 Å². The summed E-state index contributed by atoms with van der Waals surface area (Å²) in [7, 11) is 6.54. The van der Waals surface area contributed by atoms with E-state index in [4.69, 9.17) is 23.9 Å². The normalized spacial score (nSPS) is 17.4. The van der Waals surface area contributed by atoms with Gasteiger partial charge in [-0.1, -0.05) is 41.7 Å². The minimum absolute atomic E-state index is 0.0628. The molecule has 1 aromatic heterocycles. The van der Waals surface area contributed by atoms with E-state index in [9.17, 15) is 4.79 Å². The van der Waals surface area contributed by atoms with Gasteiger partial charge in [-0.3, -0.25) is 9.36 Å². The zero-order chi connectivity index (χ0) is 29.2. The van der Waals surface area contributed by atoms with Crippen molar-refractivity contribution in [3.63, 3.8) is 0 Å². The average Bonchev–Trinajstić information content (AvgIpc) is 3.34. The van der Waals surface area contributed by atoms with Gasteiger partial charge in [0.2, 0.25) is 0 Å². The lowest BCUT2D eigenvalue weighted by molar-refractivity contribution is 0.355. The minimum atomic E-state index is -0.255. The molecule has 2 aliphatic rings. The highest BCUT2D eigenvalue weighted by Gasteiger charge is 2.32. The molecule has 0 fully saturated rings. The van der Waals surface area contributed by atoms with Crippen molar-refractivity contribution in [2.45, 2.75) is 25.3 Å². The van der Waals surface area contributed by atoms with Crippen molar-refractivity contribution in [2.75, 3.05) is 28.4 Å². The number of hydrogen-bond acceptors (Lipinski definition) is 7. The van der Waals surface area contributed by atoms with Crippen LogP contribution in [0, 0.1) is 0 Å². The van der Waals surface area contributed by atoms with Crippen LogP contribution in [0.1, 0.15) is 42.0 Å². The van der Waals surface area contributed by atoms with Gasteiger partial charge < -0.3 is 18.9 Å². The van der Waals surface area contributed by atoms with Gasteiger partial charge in [-0.05, 0) is 95.6 Å². The molecule has 1 atom stereocenters. The van der Waals surface area contributed by atoms with E-state index in [1.807, 2.05) is 65.2 Å². The van der Waals surface area contributed by atoms with E-state index in [0.717, 1.165) is 58.7 Å². The lowest BCUT2D eigenvalue weighted by atomic mass is 9.84. The van der Waals surface area contributed by atoms with Gasteiger partial charge in [0, 0.05) is 0 Å². The zero-order valence-corrected chi connectivity index (χ0v) is 24.9. The molecular formula is C34H32N2O5S. The number of ether oxygens (including phenoxy) is 4. The maximum atomic E-state index is 14.1. The van der Waals surface area contributed by atoms with Crippen molar-refractivity contribution in [1.29, 1.82) is 0 Å². The SMILES string of the molecule is COc1ccc(/C=C2\CCCC3=C2N=c2s/c(=C/c4ccc(OC)c(OC)c4)c(=O)n2[C@@H]3c2ccc(OC)cc2)cc1. The summed E-state index contributed by atoms with van der Waals surface area (Å²) < 4.78 is 24.1.